The van der Waals surface area contributed by atoms with E-state index >= 15 is 0 Å². The molecular formula is C29H35N3O2. The van der Waals surface area contributed by atoms with Crippen molar-refractivity contribution in [3.05, 3.63) is 84.4 Å². The summed E-state index contributed by atoms with van der Waals surface area (Å²) in [4.78, 5) is 17.8. The Kier molecular flexibility index (Phi) is 7.53. The van der Waals surface area contributed by atoms with Crippen molar-refractivity contribution < 1.29 is 9.90 Å². The zero-order chi connectivity index (χ0) is 24.1. The highest BCUT2D eigenvalue weighted by atomic mass is 16.3. The molecule has 34 heavy (non-hydrogen) atoms. The van der Waals surface area contributed by atoms with Gasteiger partial charge in [0.25, 0.3) is 5.91 Å². The van der Waals surface area contributed by atoms with Gasteiger partial charge in [0, 0.05) is 55.6 Å². The van der Waals surface area contributed by atoms with E-state index in [1.54, 1.807) is 6.07 Å². The minimum absolute atomic E-state index is 0.0234. The van der Waals surface area contributed by atoms with Gasteiger partial charge in [-0.05, 0) is 48.2 Å². The monoisotopic (exact) mass is 457 g/mol. The maximum Gasteiger partial charge on any atom is 0.251 e. The van der Waals surface area contributed by atoms with Crippen molar-refractivity contribution in [3.8, 4) is 16.9 Å². The van der Waals surface area contributed by atoms with Gasteiger partial charge >= 0.3 is 0 Å². The number of carbonyl (C=O) groups excluding carboxylic acids is 1. The third kappa shape index (κ3) is 5.78. The van der Waals surface area contributed by atoms with Gasteiger partial charge in [-0.25, -0.2) is 0 Å². The normalized spacial score (nSPS) is 17.5. The van der Waals surface area contributed by atoms with Gasteiger partial charge in [0.05, 0.1) is 0 Å². The van der Waals surface area contributed by atoms with Crippen LogP contribution in [0.25, 0.3) is 11.1 Å². The van der Waals surface area contributed by atoms with Crippen molar-refractivity contribution >= 4 is 11.6 Å². The first-order valence-corrected chi connectivity index (χ1v) is 12.1. The summed E-state index contributed by atoms with van der Waals surface area (Å²) < 4.78 is 0. The lowest BCUT2D eigenvalue weighted by Gasteiger charge is -2.42. The number of rotatable bonds is 7. The summed E-state index contributed by atoms with van der Waals surface area (Å²) in [6.07, 6.45) is 0. The number of hydrogen-bond acceptors (Lipinski definition) is 4. The van der Waals surface area contributed by atoms with Gasteiger partial charge < -0.3 is 15.3 Å². The Morgan fingerprint density at radius 2 is 1.68 bits per heavy atom. The minimum atomic E-state index is -0.0234. The number of hydrogen-bond donors (Lipinski definition) is 2. The lowest BCUT2D eigenvalue weighted by molar-refractivity contribution is 0.0903. The summed E-state index contributed by atoms with van der Waals surface area (Å²) in [7, 11) is 0. The van der Waals surface area contributed by atoms with E-state index in [1.165, 1.54) is 0 Å². The Morgan fingerprint density at radius 1 is 0.971 bits per heavy atom. The predicted octanol–water partition coefficient (Wildman–Crippen LogP) is 5.02. The van der Waals surface area contributed by atoms with Crippen molar-refractivity contribution in [3.63, 3.8) is 0 Å². The minimum Gasteiger partial charge on any atom is -0.508 e. The van der Waals surface area contributed by atoms with Crippen molar-refractivity contribution in [1.82, 2.24) is 10.2 Å². The second kappa shape index (κ2) is 10.7. The Labute approximate surface area is 203 Å². The molecule has 1 fully saturated rings. The second-order valence-electron chi connectivity index (χ2n) is 9.59. The number of anilines is 1. The summed E-state index contributed by atoms with van der Waals surface area (Å²) in [5, 5.41) is 13.1. The van der Waals surface area contributed by atoms with Crippen LogP contribution >= 0.6 is 0 Å². The molecule has 0 spiro atoms. The van der Waals surface area contributed by atoms with E-state index in [-0.39, 0.29) is 11.9 Å². The summed E-state index contributed by atoms with van der Waals surface area (Å²) in [5.74, 6) is 0.600. The fourth-order valence-electron chi connectivity index (χ4n) is 4.65. The lowest BCUT2D eigenvalue weighted by Crippen LogP contribution is -2.56. The van der Waals surface area contributed by atoms with E-state index in [2.05, 4.69) is 48.0 Å². The number of piperazine rings is 1. The van der Waals surface area contributed by atoms with Crippen LogP contribution in [-0.2, 0) is 0 Å². The third-order valence-corrected chi connectivity index (χ3v) is 6.70. The van der Waals surface area contributed by atoms with Crippen LogP contribution in [0, 0.1) is 5.92 Å². The smallest absolute Gasteiger partial charge is 0.251 e. The van der Waals surface area contributed by atoms with Gasteiger partial charge in [-0.2, -0.15) is 0 Å². The third-order valence-electron chi connectivity index (χ3n) is 6.70. The lowest BCUT2D eigenvalue weighted by atomic mass is 10.0. The van der Waals surface area contributed by atoms with E-state index < -0.39 is 0 Å². The number of aromatic hydroxyl groups is 1. The van der Waals surface area contributed by atoms with Gasteiger partial charge in [0.15, 0.2) is 0 Å². The van der Waals surface area contributed by atoms with Crippen LogP contribution < -0.4 is 10.2 Å². The van der Waals surface area contributed by atoms with Crippen LogP contribution in [-0.4, -0.2) is 54.2 Å². The first-order valence-electron chi connectivity index (χ1n) is 12.1. The summed E-state index contributed by atoms with van der Waals surface area (Å²) in [6.45, 7) is 10.1. The quantitative estimate of drug-likeness (QED) is 0.523. The Bertz CT molecular complexity index is 1080. The number of benzene rings is 3. The molecule has 1 amide bonds. The molecule has 0 aromatic heterocycles. The molecule has 0 aliphatic carbocycles. The van der Waals surface area contributed by atoms with Crippen LogP contribution in [0.2, 0.25) is 0 Å². The van der Waals surface area contributed by atoms with Gasteiger partial charge in [-0.1, -0.05) is 62.4 Å². The SMILES string of the molecule is CC(C)C(CN1CCN(c2cccc(O)c2)[C@@H](C)C1)NC(=O)c1ccc(-c2ccccc2)cc1. The molecule has 5 heteroatoms. The zero-order valence-electron chi connectivity index (χ0n) is 20.3. The van der Waals surface area contributed by atoms with E-state index in [9.17, 15) is 9.90 Å². The van der Waals surface area contributed by atoms with Crippen LogP contribution in [0.5, 0.6) is 5.75 Å². The molecule has 1 unspecified atom stereocenters. The molecule has 0 bridgehead atoms. The number of carbonyl (C=O) groups is 1. The molecule has 2 atom stereocenters. The highest BCUT2D eigenvalue weighted by Gasteiger charge is 2.27. The first-order chi connectivity index (χ1) is 16.4. The van der Waals surface area contributed by atoms with Gasteiger partial charge in [-0.15, -0.1) is 0 Å². The summed E-state index contributed by atoms with van der Waals surface area (Å²) >= 11 is 0. The molecule has 2 N–H and O–H groups in total. The van der Waals surface area contributed by atoms with Crippen molar-refractivity contribution in [2.45, 2.75) is 32.9 Å². The first kappa shape index (κ1) is 23.8. The van der Waals surface area contributed by atoms with E-state index in [1.807, 2.05) is 60.7 Å². The fourth-order valence-corrected chi connectivity index (χ4v) is 4.65. The summed E-state index contributed by atoms with van der Waals surface area (Å²) in [5.41, 5.74) is 4.00. The molecule has 1 aliphatic heterocycles. The average Bonchev–Trinajstić information content (AvgIpc) is 2.84. The highest BCUT2D eigenvalue weighted by molar-refractivity contribution is 5.94. The molecule has 1 saturated heterocycles. The second-order valence-corrected chi connectivity index (χ2v) is 9.59. The van der Waals surface area contributed by atoms with E-state index in [0.717, 1.165) is 43.0 Å². The predicted molar refractivity (Wildman–Crippen MR) is 139 cm³/mol. The van der Waals surface area contributed by atoms with Crippen molar-refractivity contribution in [1.29, 1.82) is 0 Å². The molecular weight excluding hydrogens is 422 g/mol. The fraction of sp³-hybridized carbons (Fsp3) is 0.345. The molecule has 4 rings (SSSR count). The van der Waals surface area contributed by atoms with Crippen LogP contribution in [0.1, 0.15) is 31.1 Å². The molecule has 3 aromatic rings. The highest BCUT2D eigenvalue weighted by Crippen LogP contribution is 2.25. The molecule has 1 heterocycles. The Balaban J connectivity index is 1.36. The Morgan fingerprint density at radius 3 is 2.32 bits per heavy atom. The maximum atomic E-state index is 13.0. The standard InChI is InChI=1S/C29H35N3O2/c1-21(2)28(20-31-16-17-32(22(3)19-31)26-10-7-11-27(33)18-26)30-29(34)25-14-12-24(13-15-25)23-8-5-4-6-9-23/h4-15,18,21-22,28,33H,16-17,19-20H2,1-3H3,(H,30,34)/t22-,28?/m0/s1. The van der Waals surface area contributed by atoms with Gasteiger partial charge in [0.1, 0.15) is 5.75 Å². The number of phenols is 1. The molecule has 1 aliphatic rings. The largest absolute Gasteiger partial charge is 0.508 e. The van der Waals surface area contributed by atoms with Crippen molar-refractivity contribution in [2.75, 3.05) is 31.1 Å². The van der Waals surface area contributed by atoms with Crippen molar-refractivity contribution in [2.24, 2.45) is 5.92 Å². The summed E-state index contributed by atoms with van der Waals surface area (Å²) in [6, 6.07) is 25.9. The van der Waals surface area contributed by atoms with Crippen LogP contribution in [0.4, 0.5) is 5.69 Å². The molecule has 178 valence electrons. The van der Waals surface area contributed by atoms with E-state index in [0.29, 0.717) is 23.3 Å². The molecule has 3 aromatic carbocycles. The number of phenolic OH excluding ortho intramolecular Hbond substituents is 1. The Hall–Kier alpha value is -3.31. The number of nitrogens with one attached hydrogen (secondary N) is 1. The maximum absolute atomic E-state index is 13.0. The van der Waals surface area contributed by atoms with E-state index in [4.69, 9.17) is 0 Å². The average molecular weight is 458 g/mol. The zero-order valence-corrected chi connectivity index (χ0v) is 20.3. The number of amides is 1. The van der Waals surface area contributed by atoms with Crippen LogP contribution in [0.3, 0.4) is 0 Å². The molecule has 0 radical (unpaired) electrons. The molecule has 5 nitrogen and oxygen atoms in total. The topological polar surface area (TPSA) is 55.8 Å². The van der Waals surface area contributed by atoms with Gasteiger partial charge in [0.2, 0.25) is 0 Å². The molecule has 0 saturated carbocycles. The van der Waals surface area contributed by atoms with Crippen LogP contribution in [0.15, 0.2) is 78.9 Å². The van der Waals surface area contributed by atoms with Gasteiger partial charge in [-0.3, -0.25) is 9.69 Å². The number of nitrogens with zero attached hydrogens (tertiary/aromatic N) is 2.